The lowest BCUT2D eigenvalue weighted by molar-refractivity contribution is 0.253. The van der Waals surface area contributed by atoms with Crippen molar-refractivity contribution in [3.8, 4) is 0 Å². The van der Waals surface area contributed by atoms with Crippen LogP contribution in [0.5, 0.6) is 0 Å². The summed E-state index contributed by atoms with van der Waals surface area (Å²) in [6.45, 7) is 7.57. The van der Waals surface area contributed by atoms with E-state index in [9.17, 15) is 5.11 Å². The number of aryl methyl sites for hydroxylation is 1. The summed E-state index contributed by atoms with van der Waals surface area (Å²) >= 11 is 0. The van der Waals surface area contributed by atoms with Gasteiger partial charge in [0.2, 0.25) is 0 Å². The molecule has 0 amide bonds. The van der Waals surface area contributed by atoms with Crippen molar-refractivity contribution < 1.29 is 5.11 Å². The Morgan fingerprint density at radius 2 is 1.83 bits per heavy atom. The monoisotopic (exact) mass is 162 g/mol. The zero-order valence-electron chi connectivity index (χ0n) is 7.54. The van der Waals surface area contributed by atoms with Crippen LogP contribution >= 0.6 is 0 Å². The number of aliphatic hydroxyl groups is 1. The van der Waals surface area contributed by atoms with Crippen LogP contribution in [0.2, 0.25) is 0 Å². The average Bonchev–Trinajstić information content (AvgIpc) is 2.04. The van der Waals surface area contributed by atoms with Crippen LogP contribution in [-0.4, -0.2) is 11.2 Å². The van der Waals surface area contributed by atoms with Crippen LogP contribution < -0.4 is 0 Å². The molecule has 0 aliphatic rings. The molecule has 0 saturated carbocycles. The van der Waals surface area contributed by atoms with Gasteiger partial charge in [-0.2, -0.15) is 0 Å². The fourth-order valence-electron chi connectivity index (χ4n) is 1.01. The minimum Gasteiger partial charge on any atom is -0.389 e. The van der Waals surface area contributed by atoms with Gasteiger partial charge in [-0.15, -0.1) is 0 Å². The molecular weight excluding hydrogens is 148 g/mol. The van der Waals surface area contributed by atoms with E-state index in [1.807, 2.05) is 31.2 Å². The Morgan fingerprint density at radius 1 is 1.33 bits per heavy atom. The minimum absolute atomic E-state index is 0.465. The molecule has 1 aromatic carbocycles. The van der Waals surface area contributed by atoms with Crippen molar-refractivity contribution in [3.63, 3.8) is 0 Å². The minimum atomic E-state index is -0.465. The predicted molar refractivity (Wildman–Crippen MR) is 51.9 cm³/mol. The first-order chi connectivity index (χ1) is 5.61. The Morgan fingerprint density at radius 3 is 2.25 bits per heavy atom. The third-order valence-electron chi connectivity index (χ3n) is 1.93. The molecule has 0 bridgehead atoms. The highest BCUT2D eigenvalue weighted by molar-refractivity contribution is 5.66. The topological polar surface area (TPSA) is 20.2 Å². The van der Waals surface area contributed by atoms with E-state index in [2.05, 4.69) is 6.58 Å². The molecule has 0 saturated heterocycles. The summed E-state index contributed by atoms with van der Waals surface area (Å²) in [4.78, 5) is 0. The molecule has 12 heavy (non-hydrogen) atoms. The Bertz CT molecular complexity index is 270. The fourth-order valence-corrected chi connectivity index (χ4v) is 1.01. The SMILES string of the molecule is C=C(c1ccc(C)cc1)C(C)O. The second kappa shape index (κ2) is 3.55. The van der Waals surface area contributed by atoms with E-state index in [1.165, 1.54) is 5.56 Å². The van der Waals surface area contributed by atoms with Crippen LogP contribution in [0.25, 0.3) is 5.57 Å². The predicted octanol–water partition coefficient (Wildman–Crippen LogP) is 2.39. The maximum Gasteiger partial charge on any atom is 0.0762 e. The van der Waals surface area contributed by atoms with Gasteiger partial charge in [0.25, 0.3) is 0 Å². The standard InChI is InChI=1S/C11H14O/c1-8-4-6-11(7-5-8)9(2)10(3)12/h4-7,10,12H,2H2,1,3H3. The van der Waals surface area contributed by atoms with Crippen LogP contribution in [0, 0.1) is 6.92 Å². The number of rotatable bonds is 2. The molecule has 1 unspecified atom stereocenters. The number of benzene rings is 1. The van der Waals surface area contributed by atoms with Gasteiger partial charge in [-0.25, -0.2) is 0 Å². The molecule has 0 aromatic heterocycles. The number of aliphatic hydroxyl groups excluding tert-OH is 1. The average molecular weight is 162 g/mol. The van der Waals surface area contributed by atoms with Gasteiger partial charge in [0, 0.05) is 0 Å². The quantitative estimate of drug-likeness (QED) is 0.708. The van der Waals surface area contributed by atoms with Gasteiger partial charge in [-0.1, -0.05) is 36.4 Å². The summed E-state index contributed by atoms with van der Waals surface area (Å²) in [5.74, 6) is 0. The Hall–Kier alpha value is -1.08. The molecular formula is C11H14O. The van der Waals surface area contributed by atoms with E-state index in [0.29, 0.717) is 0 Å². The molecule has 0 spiro atoms. The molecule has 0 heterocycles. The van der Waals surface area contributed by atoms with Gasteiger partial charge in [0.05, 0.1) is 6.10 Å². The highest BCUT2D eigenvalue weighted by Crippen LogP contribution is 2.16. The molecule has 1 aromatic rings. The molecule has 1 rings (SSSR count). The van der Waals surface area contributed by atoms with E-state index in [-0.39, 0.29) is 0 Å². The van der Waals surface area contributed by atoms with Crippen molar-refractivity contribution in [2.24, 2.45) is 0 Å². The van der Waals surface area contributed by atoms with Crippen molar-refractivity contribution in [1.29, 1.82) is 0 Å². The van der Waals surface area contributed by atoms with Crippen molar-refractivity contribution in [1.82, 2.24) is 0 Å². The van der Waals surface area contributed by atoms with Crippen molar-refractivity contribution >= 4 is 5.57 Å². The first-order valence-corrected chi connectivity index (χ1v) is 4.05. The lowest BCUT2D eigenvalue weighted by Crippen LogP contribution is -2.01. The first-order valence-electron chi connectivity index (χ1n) is 4.05. The van der Waals surface area contributed by atoms with Crippen LogP contribution in [0.3, 0.4) is 0 Å². The summed E-state index contributed by atoms with van der Waals surface area (Å²) in [5.41, 5.74) is 3.00. The Labute approximate surface area is 73.4 Å². The number of hydrogen-bond donors (Lipinski definition) is 1. The summed E-state index contributed by atoms with van der Waals surface area (Å²) < 4.78 is 0. The highest BCUT2D eigenvalue weighted by Gasteiger charge is 2.03. The van der Waals surface area contributed by atoms with Gasteiger partial charge in [0.1, 0.15) is 0 Å². The van der Waals surface area contributed by atoms with Crippen LogP contribution in [-0.2, 0) is 0 Å². The van der Waals surface area contributed by atoms with E-state index in [0.717, 1.165) is 11.1 Å². The molecule has 0 radical (unpaired) electrons. The molecule has 1 heteroatoms. The van der Waals surface area contributed by atoms with E-state index in [4.69, 9.17) is 0 Å². The Balaban J connectivity index is 2.90. The van der Waals surface area contributed by atoms with Crippen molar-refractivity contribution in [2.45, 2.75) is 20.0 Å². The maximum absolute atomic E-state index is 9.24. The fraction of sp³-hybridized carbons (Fsp3) is 0.273. The van der Waals surface area contributed by atoms with E-state index in [1.54, 1.807) is 6.92 Å². The molecule has 0 aliphatic carbocycles. The van der Waals surface area contributed by atoms with Crippen molar-refractivity contribution in [3.05, 3.63) is 42.0 Å². The molecule has 1 N–H and O–H groups in total. The summed E-state index contributed by atoms with van der Waals surface area (Å²) in [5, 5.41) is 9.24. The lowest BCUT2D eigenvalue weighted by atomic mass is 10.0. The van der Waals surface area contributed by atoms with Gasteiger partial charge in [-0.05, 0) is 25.0 Å². The Kier molecular flexibility index (Phi) is 2.66. The van der Waals surface area contributed by atoms with Crippen molar-refractivity contribution in [2.75, 3.05) is 0 Å². The third-order valence-corrected chi connectivity index (χ3v) is 1.93. The van der Waals surface area contributed by atoms with Crippen LogP contribution in [0.1, 0.15) is 18.1 Å². The zero-order valence-corrected chi connectivity index (χ0v) is 7.54. The third kappa shape index (κ3) is 1.95. The smallest absolute Gasteiger partial charge is 0.0762 e. The van der Waals surface area contributed by atoms with E-state index >= 15 is 0 Å². The van der Waals surface area contributed by atoms with Gasteiger partial charge in [0.15, 0.2) is 0 Å². The molecule has 1 nitrogen and oxygen atoms in total. The van der Waals surface area contributed by atoms with Gasteiger partial charge >= 0.3 is 0 Å². The summed E-state index contributed by atoms with van der Waals surface area (Å²) in [7, 11) is 0. The van der Waals surface area contributed by atoms with Crippen LogP contribution in [0.15, 0.2) is 30.8 Å². The second-order valence-electron chi connectivity index (χ2n) is 3.07. The van der Waals surface area contributed by atoms with E-state index < -0.39 is 6.10 Å². The van der Waals surface area contributed by atoms with Crippen LogP contribution in [0.4, 0.5) is 0 Å². The molecule has 0 fully saturated rings. The maximum atomic E-state index is 9.24. The molecule has 64 valence electrons. The summed E-state index contributed by atoms with van der Waals surface area (Å²) in [6, 6.07) is 7.99. The molecule has 1 atom stereocenters. The summed E-state index contributed by atoms with van der Waals surface area (Å²) in [6.07, 6.45) is -0.465. The zero-order chi connectivity index (χ0) is 9.14. The molecule has 0 aliphatic heterocycles. The largest absolute Gasteiger partial charge is 0.389 e. The lowest BCUT2D eigenvalue weighted by Gasteiger charge is -2.08. The first kappa shape index (κ1) is 9.01. The van der Waals surface area contributed by atoms with Gasteiger partial charge in [-0.3, -0.25) is 0 Å². The highest BCUT2D eigenvalue weighted by atomic mass is 16.3. The second-order valence-corrected chi connectivity index (χ2v) is 3.07. The normalized spacial score (nSPS) is 12.6. The van der Waals surface area contributed by atoms with Gasteiger partial charge < -0.3 is 5.11 Å². The number of hydrogen-bond acceptors (Lipinski definition) is 1.